The first kappa shape index (κ1) is 17.2. The van der Waals surface area contributed by atoms with Gasteiger partial charge in [0.2, 0.25) is 0 Å². The van der Waals surface area contributed by atoms with E-state index in [-0.39, 0.29) is 12.5 Å². The van der Waals surface area contributed by atoms with Gasteiger partial charge in [0.25, 0.3) is 0 Å². The van der Waals surface area contributed by atoms with E-state index < -0.39 is 24.7 Å². The number of hydrogen-bond donors (Lipinski definition) is 1. The molecule has 0 saturated heterocycles. The van der Waals surface area contributed by atoms with E-state index in [0.717, 1.165) is 25.7 Å². The fourth-order valence-corrected chi connectivity index (χ4v) is 1.56. The lowest BCUT2D eigenvalue weighted by Crippen LogP contribution is -2.35. The van der Waals surface area contributed by atoms with E-state index in [9.17, 15) is 18.0 Å². The zero-order valence-corrected chi connectivity index (χ0v) is 10.8. The summed E-state index contributed by atoms with van der Waals surface area (Å²) in [6, 6.07) is 0. The summed E-state index contributed by atoms with van der Waals surface area (Å²) in [5, 5.41) is 8.47. The molecule has 0 radical (unpaired) electrons. The van der Waals surface area contributed by atoms with E-state index >= 15 is 0 Å². The Morgan fingerprint density at radius 3 is 2.28 bits per heavy atom. The first-order chi connectivity index (χ1) is 8.32. The van der Waals surface area contributed by atoms with Gasteiger partial charge in [-0.1, -0.05) is 33.1 Å². The zero-order chi connectivity index (χ0) is 14.2. The number of rotatable bonds is 9. The Morgan fingerprint density at radius 1 is 1.28 bits per heavy atom. The molecule has 0 aliphatic heterocycles. The summed E-state index contributed by atoms with van der Waals surface area (Å²) in [6.45, 7) is 3.37. The van der Waals surface area contributed by atoms with Crippen LogP contribution in [0.4, 0.5) is 13.2 Å². The minimum Gasteiger partial charge on any atom is -0.481 e. The number of unbranched alkanes of at least 4 members (excludes halogenated alkanes) is 1. The van der Waals surface area contributed by atoms with Gasteiger partial charge in [0.1, 0.15) is 0 Å². The van der Waals surface area contributed by atoms with Gasteiger partial charge >= 0.3 is 12.1 Å². The highest BCUT2D eigenvalue weighted by molar-refractivity contribution is 5.71. The van der Waals surface area contributed by atoms with Crippen LogP contribution >= 0.6 is 0 Å². The van der Waals surface area contributed by atoms with Crippen molar-refractivity contribution in [2.75, 3.05) is 13.2 Å². The molecule has 3 nitrogen and oxygen atoms in total. The van der Waals surface area contributed by atoms with Crippen molar-refractivity contribution in [1.29, 1.82) is 0 Å². The van der Waals surface area contributed by atoms with Crippen LogP contribution in [0, 0.1) is 11.8 Å². The van der Waals surface area contributed by atoms with Crippen LogP contribution in [-0.4, -0.2) is 30.5 Å². The van der Waals surface area contributed by atoms with Crippen LogP contribution in [0.1, 0.15) is 39.5 Å². The molecule has 2 atom stereocenters. The number of aliphatic carboxylic acids is 1. The summed E-state index contributed by atoms with van der Waals surface area (Å²) in [5.74, 6) is -4.11. The highest BCUT2D eigenvalue weighted by Crippen LogP contribution is 2.27. The first-order valence-electron chi connectivity index (χ1n) is 6.20. The molecule has 1 N–H and O–H groups in total. The molecular formula is C12H21F3O3. The zero-order valence-electron chi connectivity index (χ0n) is 10.8. The number of halogens is 3. The normalized spacial score (nSPS) is 15.4. The third-order valence-corrected chi connectivity index (χ3v) is 2.87. The van der Waals surface area contributed by atoms with Crippen molar-refractivity contribution in [3.63, 3.8) is 0 Å². The second kappa shape index (κ2) is 8.34. The second-order valence-electron chi connectivity index (χ2n) is 4.39. The number of hydrogen-bond acceptors (Lipinski definition) is 2. The quantitative estimate of drug-likeness (QED) is 0.697. The maximum atomic E-state index is 12.3. The Bertz CT molecular complexity index is 241. The Balaban J connectivity index is 4.09. The molecule has 0 aliphatic carbocycles. The third kappa shape index (κ3) is 6.83. The molecule has 0 fully saturated rings. The van der Waals surface area contributed by atoms with Crippen LogP contribution < -0.4 is 0 Å². The van der Waals surface area contributed by atoms with Gasteiger partial charge < -0.3 is 9.84 Å². The van der Waals surface area contributed by atoms with Gasteiger partial charge in [-0.05, 0) is 12.3 Å². The summed E-state index contributed by atoms with van der Waals surface area (Å²) in [4.78, 5) is 10.5. The number of carboxylic acids is 1. The monoisotopic (exact) mass is 270 g/mol. The van der Waals surface area contributed by atoms with Gasteiger partial charge in [0, 0.05) is 6.61 Å². The van der Waals surface area contributed by atoms with E-state index in [1.165, 1.54) is 0 Å². The number of carboxylic acid groups (broad SMARTS) is 1. The van der Waals surface area contributed by atoms with Gasteiger partial charge in [-0.2, -0.15) is 13.2 Å². The second-order valence-corrected chi connectivity index (χ2v) is 4.39. The fourth-order valence-electron chi connectivity index (χ4n) is 1.56. The van der Waals surface area contributed by atoms with Crippen LogP contribution in [0.5, 0.6) is 0 Å². The number of alkyl halides is 3. The molecule has 0 spiro atoms. The predicted octanol–water partition coefficient (Wildman–Crippen LogP) is 3.48. The van der Waals surface area contributed by atoms with E-state index in [1.54, 1.807) is 0 Å². The van der Waals surface area contributed by atoms with Crippen molar-refractivity contribution >= 4 is 5.97 Å². The van der Waals surface area contributed by atoms with E-state index in [0.29, 0.717) is 0 Å². The Morgan fingerprint density at radius 2 is 1.89 bits per heavy atom. The van der Waals surface area contributed by atoms with Gasteiger partial charge in [-0.25, -0.2) is 0 Å². The van der Waals surface area contributed by atoms with Crippen molar-refractivity contribution in [2.24, 2.45) is 11.8 Å². The van der Waals surface area contributed by atoms with Crippen LogP contribution in [0.25, 0.3) is 0 Å². The van der Waals surface area contributed by atoms with Crippen LogP contribution in [-0.2, 0) is 9.53 Å². The topological polar surface area (TPSA) is 46.5 Å². The molecular weight excluding hydrogens is 249 g/mol. The molecule has 0 aromatic carbocycles. The van der Waals surface area contributed by atoms with E-state index in [4.69, 9.17) is 9.84 Å². The van der Waals surface area contributed by atoms with Crippen molar-refractivity contribution in [3.8, 4) is 0 Å². The molecule has 0 aromatic heterocycles. The lowest BCUT2D eigenvalue weighted by molar-refractivity contribution is -0.203. The number of ether oxygens (including phenoxy) is 1. The highest BCUT2D eigenvalue weighted by Gasteiger charge is 2.45. The maximum absolute atomic E-state index is 12.3. The fraction of sp³-hybridized carbons (Fsp3) is 0.917. The molecule has 0 aliphatic rings. The summed E-state index contributed by atoms with van der Waals surface area (Å²) in [5.41, 5.74) is 0. The summed E-state index contributed by atoms with van der Waals surface area (Å²) < 4.78 is 41.9. The standard InChI is InChI=1S/C12H21F3O3/c1-3-5-6-9(4-2)7-18-8-10(11(16)17)12(13,14)15/h9-10H,3-8H2,1-2H3,(H,16,17). The summed E-state index contributed by atoms with van der Waals surface area (Å²) in [7, 11) is 0. The molecule has 0 amide bonds. The summed E-state index contributed by atoms with van der Waals surface area (Å²) >= 11 is 0. The van der Waals surface area contributed by atoms with Crippen molar-refractivity contribution < 1.29 is 27.8 Å². The van der Waals surface area contributed by atoms with Gasteiger partial charge in [0.05, 0.1) is 6.61 Å². The molecule has 0 saturated carbocycles. The highest BCUT2D eigenvalue weighted by atomic mass is 19.4. The average Bonchev–Trinajstić information content (AvgIpc) is 2.25. The molecule has 2 unspecified atom stereocenters. The van der Waals surface area contributed by atoms with Crippen LogP contribution in [0.2, 0.25) is 0 Å². The van der Waals surface area contributed by atoms with Gasteiger partial charge in [-0.15, -0.1) is 0 Å². The minimum atomic E-state index is -4.75. The first-order valence-corrected chi connectivity index (χ1v) is 6.20. The molecule has 108 valence electrons. The van der Waals surface area contributed by atoms with Crippen LogP contribution in [0.3, 0.4) is 0 Å². The van der Waals surface area contributed by atoms with E-state index in [2.05, 4.69) is 0 Å². The largest absolute Gasteiger partial charge is 0.481 e. The third-order valence-electron chi connectivity index (χ3n) is 2.87. The smallest absolute Gasteiger partial charge is 0.404 e. The number of carbonyl (C=O) groups is 1. The molecule has 18 heavy (non-hydrogen) atoms. The van der Waals surface area contributed by atoms with E-state index in [1.807, 2.05) is 13.8 Å². The summed E-state index contributed by atoms with van der Waals surface area (Å²) in [6.07, 6.45) is -1.00. The molecule has 0 heterocycles. The maximum Gasteiger partial charge on any atom is 0.404 e. The Labute approximate surface area is 105 Å². The lowest BCUT2D eigenvalue weighted by atomic mass is 10.0. The molecule has 0 aromatic rings. The molecule has 0 bridgehead atoms. The van der Waals surface area contributed by atoms with Crippen molar-refractivity contribution in [3.05, 3.63) is 0 Å². The van der Waals surface area contributed by atoms with Gasteiger partial charge in [0.15, 0.2) is 5.92 Å². The van der Waals surface area contributed by atoms with Crippen molar-refractivity contribution in [2.45, 2.75) is 45.7 Å². The SMILES string of the molecule is CCCCC(CC)COCC(C(=O)O)C(F)(F)F. The Kier molecular flexibility index (Phi) is 7.98. The lowest BCUT2D eigenvalue weighted by Gasteiger charge is -2.19. The van der Waals surface area contributed by atoms with Gasteiger partial charge in [-0.3, -0.25) is 4.79 Å². The molecule has 6 heteroatoms. The van der Waals surface area contributed by atoms with Crippen LogP contribution in [0.15, 0.2) is 0 Å². The average molecular weight is 270 g/mol. The Hall–Kier alpha value is -0.780. The minimum absolute atomic E-state index is 0.191. The predicted molar refractivity (Wildman–Crippen MR) is 61.3 cm³/mol. The van der Waals surface area contributed by atoms with Crippen molar-refractivity contribution in [1.82, 2.24) is 0 Å². The molecule has 0 rings (SSSR count).